The molecule has 0 bridgehead atoms. The minimum absolute atomic E-state index is 0.170. The standard InChI is InChI=1S/C19H19BrCl2N2O3S/c20-15-4-6-16(7-5-15)23-19(25)14-2-1-9-24(11-14)28(26,27)12-13-3-8-17(21)18(22)10-13/h3-8,10,14H,1-2,9,11-12H2,(H,23,25). The number of nitrogens with one attached hydrogen (secondary N) is 1. The second-order valence-corrected chi connectivity index (χ2v) is 10.4. The molecule has 1 aliphatic heterocycles. The van der Waals surface area contributed by atoms with Gasteiger partial charge >= 0.3 is 0 Å². The second-order valence-electron chi connectivity index (χ2n) is 6.70. The van der Waals surface area contributed by atoms with Gasteiger partial charge in [0.05, 0.1) is 21.7 Å². The molecule has 0 spiro atoms. The number of anilines is 1. The number of halogens is 3. The van der Waals surface area contributed by atoms with Crippen molar-refractivity contribution in [1.29, 1.82) is 0 Å². The van der Waals surface area contributed by atoms with E-state index in [-0.39, 0.29) is 24.1 Å². The van der Waals surface area contributed by atoms with Gasteiger partial charge in [0.15, 0.2) is 0 Å². The maximum atomic E-state index is 12.8. The number of rotatable bonds is 5. The van der Waals surface area contributed by atoms with Crippen LogP contribution in [0.4, 0.5) is 5.69 Å². The van der Waals surface area contributed by atoms with E-state index >= 15 is 0 Å². The molecule has 1 unspecified atom stereocenters. The SMILES string of the molecule is O=C(Nc1ccc(Br)cc1)C1CCCN(S(=O)(=O)Cc2ccc(Cl)c(Cl)c2)C1. The molecule has 5 nitrogen and oxygen atoms in total. The van der Waals surface area contributed by atoms with E-state index in [1.165, 1.54) is 4.31 Å². The smallest absolute Gasteiger partial charge is 0.228 e. The fourth-order valence-corrected chi connectivity index (χ4v) is 5.30. The van der Waals surface area contributed by atoms with Gasteiger partial charge in [-0.25, -0.2) is 12.7 Å². The van der Waals surface area contributed by atoms with E-state index in [1.807, 2.05) is 12.1 Å². The fraction of sp³-hybridized carbons (Fsp3) is 0.316. The average molecular weight is 506 g/mol. The van der Waals surface area contributed by atoms with Gasteiger partial charge in [-0.05, 0) is 54.8 Å². The van der Waals surface area contributed by atoms with Crippen molar-refractivity contribution in [1.82, 2.24) is 4.31 Å². The zero-order valence-corrected chi connectivity index (χ0v) is 18.8. The van der Waals surface area contributed by atoms with Gasteiger partial charge in [0, 0.05) is 23.2 Å². The highest BCUT2D eigenvalue weighted by Gasteiger charge is 2.32. The Hall–Kier alpha value is -1.12. The molecule has 2 aromatic rings. The van der Waals surface area contributed by atoms with Gasteiger partial charge in [0.1, 0.15) is 0 Å². The highest BCUT2D eigenvalue weighted by atomic mass is 79.9. The van der Waals surface area contributed by atoms with Crippen LogP contribution in [0.3, 0.4) is 0 Å². The summed E-state index contributed by atoms with van der Waals surface area (Å²) in [6.45, 7) is 0.581. The van der Waals surface area contributed by atoms with E-state index in [9.17, 15) is 13.2 Å². The lowest BCUT2D eigenvalue weighted by Gasteiger charge is -2.31. The van der Waals surface area contributed by atoms with Gasteiger partial charge in [-0.1, -0.05) is 45.2 Å². The maximum Gasteiger partial charge on any atom is 0.228 e. The summed E-state index contributed by atoms with van der Waals surface area (Å²) in [7, 11) is -3.57. The Labute approximate surface area is 183 Å². The normalized spacial score (nSPS) is 18.0. The Morgan fingerprint density at radius 3 is 2.54 bits per heavy atom. The van der Waals surface area contributed by atoms with E-state index in [1.54, 1.807) is 30.3 Å². The molecular weight excluding hydrogens is 487 g/mol. The predicted molar refractivity (Wildman–Crippen MR) is 116 cm³/mol. The van der Waals surface area contributed by atoms with Gasteiger partial charge < -0.3 is 5.32 Å². The van der Waals surface area contributed by atoms with Crippen LogP contribution in [0.15, 0.2) is 46.9 Å². The van der Waals surface area contributed by atoms with Crippen molar-refractivity contribution in [3.8, 4) is 0 Å². The molecule has 2 aromatic carbocycles. The molecule has 1 N–H and O–H groups in total. The van der Waals surface area contributed by atoms with Gasteiger partial charge in [-0.15, -0.1) is 0 Å². The molecule has 150 valence electrons. The zero-order valence-electron chi connectivity index (χ0n) is 14.9. The molecule has 1 aliphatic rings. The Morgan fingerprint density at radius 1 is 1.14 bits per heavy atom. The molecule has 1 heterocycles. The van der Waals surface area contributed by atoms with E-state index in [0.717, 1.165) is 4.47 Å². The van der Waals surface area contributed by atoms with Crippen molar-refractivity contribution in [2.75, 3.05) is 18.4 Å². The Kier molecular flexibility index (Phi) is 7.04. The molecule has 0 aromatic heterocycles. The van der Waals surface area contributed by atoms with Crippen molar-refractivity contribution in [2.24, 2.45) is 5.92 Å². The summed E-state index contributed by atoms with van der Waals surface area (Å²) < 4.78 is 28.0. The lowest BCUT2D eigenvalue weighted by Crippen LogP contribution is -2.44. The first kappa shape index (κ1) is 21.6. The van der Waals surface area contributed by atoms with Crippen LogP contribution in [0.25, 0.3) is 0 Å². The molecule has 1 amide bonds. The molecule has 3 rings (SSSR count). The van der Waals surface area contributed by atoms with Crippen LogP contribution in [0.5, 0.6) is 0 Å². The van der Waals surface area contributed by atoms with Gasteiger partial charge in [0.25, 0.3) is 0 Å². The van der Waals surface area contributed by atoms with E-state index in [4.69, 9.17) is 23.2 Å². The van der Waals surface area contributed by atoms with Crippen LogP contribution in [0, 0.1) is 5.92 Å². The summed E-state index contributed by atoms with van der Waals surface area (Å²) in [6, 6.07) is 12.1. The molecule has 0 radical (unpaired) electrons. The van der Waals surface area contributed by atoms with Gasteiger partial charge in [-0.3, -0.25) is 4.79 Å². The third-order valence-electron chi connectivity index (χ3n) is 4.59. The van der Waals surface area contributed by atoms with Crippen molar-refractivity contribution >= 4 is 60.7 Å². The molecule has 1 fully saturated rings. The van der Waals surface area contributed by atoms with Crippen molar-refractivity contribution in [3.63, 3.8) is 0 Å². The summed E-state index contributed by atoms with van der Waals surface area (Å²) in [4.78, 5) is 12.6. The predicted octanol–water partition coefficient (Wildman–Crippen LogP) is 4.94. The number of carbonyl (C=O) groups is 1. The van der Waals surface area contributed by atoms with Crippen LogP contribution >= 0.6 is 39.1 Å². The summed E-state index contributed by atoms with van der Waals surface area (Å²) in [5, 5.41) is 3.56. The van der Waals surface area contributed by atoms with Gasteiger partial charge in [-0.2, -0.15) is 0 Å². The average Bonchev–Trinajstić information content (AvgIpc) is 2.66. The molecule has 1 saturated heterocycles. The van der Waals surface area contributed by atoms with Crippen LogP contribution in [0.2, 0.25) is 10.0 Å². The highest BCUT2D eigenvalue weighted by molar-refractivity contribution is 9.10. The topological polar surface area (TPSA) is 66.5 Å². The third-order valence-corrected chi connectivity index (χ3v) is 7.68. The first-order valence-corrected chi connectivity index (χ1v) is 11.9. The number of sulfonamides is 1. The monoisotopic (exact) mass is 504 g/mol. The summed E-state index contributed by atoms with van der Waals surface area (Å²) in [5.74, 6) is -0.733. The largest absolute Gasteiger partial charge is 0.326 e. The Bertz CT molecular complexity index is 968. The number of piperidine rings is 1. The molecular formula is C19H19BrCl2N2O3S. The van der Waals surface area contributed by atoms with Crippen LogP contribution in [0.1, 0.15) is 18.4 Å². The van der Waals surface area contributed by atoms with Crippen molar-refractivity contribution in [3.05, 3.63) is 62.5 Å². The van der Waals surface area contributed by atoms with Crippen LogP contribution in [-0.4, -0.2) is 31.7 Å². The van der Waals surface area contributed by atoms with Crippen LogP contribution in [-0.2, 0) is 20.6 Å². The summed E-state index contributed by atoms with van der Waals surface area (Å²) in [5.41, 5.74) is 1.25. The second kappa shape index (κ2) is 9.13. The quantitative estimate of drug-likeness (QED) is 0.626. The van der Waals surface area contributed by atoms with Crippen LogP contribution < -0.4 is 5.32 Å². The van der Waals surface area contributed by atoms with E-state index in [2.05, 4.69) is 21.2 Å². The van der Waals surface area contributed by atoms with Gasteiger partial charge in [0.2, 0.25) is 15.9 Å². The van der Waals surface area contributed by atoms with Crippen molar-refractivity contribution in [2.45, 2.75) is 18.6 Å². The molecule has 28 heavy (non-hydrogen) atoms. The lowest BCUT2D eigenvalue weighted by molar-refractivity contribution is -0.120. The first-order chi connectivity index (χ1) is 13.2. The van der Waals surface area contributed by atoms with E-state index in [0.29, 0.717) is 40.7 Å². The maximum absolute atomic E-state index is 12.8. The number of amides is 1. The molecule has 0 saturated carbocycles. The number of benzene rings is 2. The zero-order chi connectivity index (χ0) is 20.3. The summed E-state index contributed by atoms with van der Waals surface area (Å²) >= 11 is 15.2. The Morgan fingerprint density at radius 2 is 1.86 bits per heavy atom. The molecule has 9 heteroatoms. The number of hydrogen-bond acceptors (Lipinski definition) is 3. The molecule has 0 aliphatic carbocycles. The minimum atomic E-state index is -3.57. The van der Waals surface area contributed by atoms with Crippen molar-refractivity contribution < 1.29 is 13.2 Å². The number of hydrogen-bond donors (Lipinski definition) is 1. The highest BCUT2D eigenvalue weighted by Crippen LogP contribution is 2.26. The summed E-state index contributed by atoms with van der Waals surface area (Å²) in [6.07, 6.45) is 1.29. The number of carbonyl (C=O) groups excluding carboxylic acids is 1. The minimum Gasteiger partial charge on any atom is -0.326 e. The first-order valence-electron chi connectivity index (χ1n) is 8.73. The lowest BCUT2D eigenvalue weighted by atomic mass is 9.99. The Balaban J connectivity index is 1.66. The molecule has 1 atom stereocenters. The van der Waals surface area contributed by atoms with E-state index < -0.39 is 10.0 Å². The number of nitrogens with zero attached hydrogens (tertiary/aromatic N) is 1. The third kappa shape index (κ3) is 5.48. The fourth-order valence-electron chi connectivity index (χ4n) is 3.12.